The molecule has 0 aromatic rings. The van der Waals surface area contributed by atoms with Crippen LogP contribution in [0.15, 0.2) is 5.16 Å². The molecule has 0 rings (SSSR count). The molecule has 0 spiro atoms. The van der Waals surface area contributed by atoms with Crippen molar-refractivity contribution in [1.82, 2.24) is 0 Å². The van der Waals surface area contributed by atoms with Crippen LogP contribution in [-0.4, -0.2) is 29.2 Å². The summed E-state index contributed by atoms with van der Waals surface area (Å²) in [6.07, 6.45) is 0. The molecule has 0 unspecified atom stereocenters. The molecule has 62 valence electrons. The lowest BCUT2D eigenvalue weighted by atomic mass is 10.4. The Labute approximate surface area is 63.1 Å². The number of aliphatic carboxylic acids is 1. The smallest absolute Gasteiger partial charge is 0.361 e. The number of nitrogens with one attached hydrogen (secondary N) is 1. The van der Waals surface area contributed by atoms with E-state index in [4.69, 9.17) is 16.2 Å². The van der Waals surface area contributed by atoms with Crippen molar-refractivity contribution >= 4 is 17.5 Å². The van der Waals surface area contributed by atoms with Crippen LogP contribution >= 0.6 is 0 Å². The van der Waals surface area contributed by atoms with Gasteiger partial charge in [0.05, 0.1) is 0 Å². The van der Waals surface area contributed by atoms with Crippen LogP contribution in [-0.2, 0) is 9.63 Å². The molecule has 0 aromatic carbocycles. The van der Waals surface area contributed by atoms with Gasteiger partial charge in [-0.1, -0.05) is 5.16 Å². The highest BCUT2D eigenvalue weighted by atomic mass is 16.6. The largest absolute Gasteiger partial charge is 0.476 e. The second-order valence-corrected chi connectivity index (χ2v) is 1.58. The number of oxime groups is 1. The fraction of sp³-hybridized carbons (Fsp3) is 0.400. The van der Waals surface area contributed by atoms with E-state index >= 15 is 0 Å². The molecule has 0 heterocycles. The molecule has 4 N–H and O–H groups in total. The number of hydrogen-bond donors (Lipinski definition) is 3. The molecule has 6 heteroatoms. The number of carboxylic acid groups (broad SMARTS) is 1. The second-order valence-electron chi connectivity index (χ2n) is 1.58. The molecule has 6 nitrogen and oxygen atoms in total. The van der Waals surface area contributed by atoms with Crippen molar-refractivity contribution in [1.29, 1.82) is 5.41 Å². The van der Waals surface area contributed by atoms with Crippen LogP contribution in [0.4, 0.5) is 0 Å². The maximum absolute atomic E-state index is 10.2. The van der Waals surface area contributed by atoms with Crippen LogP contribution < -0.4 is 5.73 Å². The van der Waals surface area contributed by atoms with E-state index in [0.717, 1.165) is 0 Å². The molecule has 0 atom stereocenters. The highest BCUT2D eigenvalue weighted by Crippen LogP contribution is 1.81. The molecule has 0 aliphatic rings. The van der Waals surface area contributed by atoms with E-state index in [2.05, 4.69) is 9.99 Å². The molecule has 0 radical (unpaired) electrons. The maximum Gasteiger partial charge on any atom is 0.361 e. The molecule has 0 amide bonds. The molecule has 0 saturated carbocycles. The van der Waals surface area contributed by atoms with Gasteiger partial charge in [0.2, 0.25) is 5.71 Å². The Hall–Kier alpha value is -1.59. The molecular weight excluding hydrogens is 150 g/mol. The van der Waals surface area contributed by atoms with Gasteiger partial charge in [0.25, 0.3) is 0 Å². The summed E-state index contributed by atoms with van der Waals surface area (Å²) in [7, 11) is 0. The third-order valence-electron chi connectivity index (χ3n) is 0.743. The third kappa shape index (κ3) is 3.19. The van der Waals surface area contributed by atoms with Gasteiger partial charge >= 0.3 is 5.97 Å². The highest BCUT2D eigenvalue weighted by Gasteiger charge is 2.13. The van der Waals surface area contributed by atoms with Gasteiger partial charge in [-0.25, -0.2) is 4.79 Å². The van der Waals surface area contributed by atoms with Crippen LogP contribution in [0.25, 0.3) is 0 Å². The van der Waals surface area contributed by atoms with Crippen LogP contribution in [0, 0.1) is 5.41 Å². The fourth-order valence-electron chi connectivity index (χ4n) is 0.333. The Balaban J connectivity index is 4.33. The summed E-state index contributed by atoms with van der Waals surface area (Å²) >= 11 is 0. The second kappa shape index (κ2) is 4.26. The van der Waals surface area contributed by atoms with Crippen molar-refractivity contribution in [3.63, 3.8) is 0 Å². The molecule has 0 aromatic heterocycles. The first kappa shape index (κ1) is 9.41. The van der Waals surface area contributed by atoms with Crippen molar-refractivity contribution in [2.45, 2.75) is 6.92 Å². The number of carbonyl (C=O) groups is 1. The summed E-state index contributed by atoms with van der Waals surface area (Å²) < 4.78 is 0. The summed E-state index contributed by atoms with van der Waals surface area (Å²) in [6, 6.07) is 0. The molecule has 0 aliphatic heterocycles. The number of hydrogen-bond acceptors (Lipinski definition) is 4. The Morgan fingerprint density at radius 2 is 2.36 bits per heavy atom. The van der Waals surface area contributed by atoms with E-state index in [0.29, 0.717) is 0 Å². The predicted molar refractivity (Wildman–Crippen MR) is 38.6 cm³/mol. The average Bonchev–Trinajstić information content (AvgIpc) is 1.87. The van der Waals surface area contributed by atoms with Gasteiger partial charge in [-0.3, -0.25) is 5.41 Å². The monoisotopic (exact) mass is 159 g/mol. The standard InChI is InChI=1S/C5H9N3O3/c1-2-11-8-3(4(6)7)5(9)10/h2H2,1H3,(H3,6,7)(H,9,10). The van der Waals surface area contributed by atoms with E-state index in [1.54, 1.807) is 6.92 Å². The van der Waals surface area contributed by atoms with Crippen LogP contribution in [0.1, 0.15) is 6.92 Å². The number of carboxylic acids is 1. The zero-order chi connectivity index (χ0) is 8.85. The topological polar surface area (TPSA) is 109 Å². The zero-order valence-electron chi connectivity index (χ0n) is 6.00. The molecule has 0 aliphatic carbocycles. The lowest BCUT2D eigenvalue weighted by Crippen LogP contribution is -2.30. The van der Waals surface area contributed by atoms with Gasteiger partial charge in [0.15, 0.2) is 5.84 Å². The van der Waals surface area contributed by atoms with Gasteiger partial charge < -0.3 is 15.7 Å². The van der Waals surface area contributed by atoms with Crippen molar-refractivity contribution < 1.29 is 14.7 Å². The van der Waals surface area contributed by atoms with E-state index in [1.165, 1.54) is 0 Å². The Morgan fingerprint density at radius 1 is 1.82 bits per heavy atom. The predicted octanol–water partition coefficient (Wildman–Crippen LogP) is -0.601. The van der Waals surface area contributed by atoms with Crippen molar-refractivity contribution in [3.8, 4) is 0 Å². The van der Waals surface area contributed by atoms with E-state index in [1.807, 2.05) is 0 Å². The SMILES string of the molecule is CCON=C(C(=N)N)C(=O)O. The first-order valence-corrected chi connectivity index (χ1v) is 2.87. The van der Waals surface area contributed by atoms with Crippen molar-refractivity contribution in [2.75, 3.05) is 6.61 Å². The average molecular weight is 159 g/mol. The first-order chi connectivity index (χ1) is 5.09. The Morgan fingerprint density at radius 3 is 2.64 bits per heavy atom. The normalized spacial score (nSPS) is 10.8. The fourth-order valence-corrected chi connectivity index (χ4v) is 0.333. The van der Waals surface area contributed by atoms with Crippen molar-refractivity contribution in [3.05, 3.63) is 0 Å². The summed E-state index contributed by atoms with van der Waals surface area (Å²) in [4.78, 5) is 14.6. The van der Waals surface area contributed by atoms with Crippen LogP contribution in [0.2, 0.25) is 0 Å². The van der Waals surface area contributed by atoms with E-state index < -0.39 is 17.5 Å². The van der Waals surface area contributed by atoms with E-state index in [9.17, 15) is 4.79 Å². The minimum Gasteiger partial charge on any atom is -0.476 e. The molecule has 0 saturated heterocycles. The lowest BCUT2D eigenvalue weighted by Gasteiger charge is -1.96. The summed E-state index contributed by atoms with van der Waals surface area (Å²) in [5, 5.41) is 18.2. The lowest BCUT2D eigenvalue weighted by molar-refractivity contribution is -0.129. The first-order valence-electron chi connectivity index (χ1n) is 2.87. The quantitative estimate of drug-likeness (QED) is 0.289. The summed E-state index contributed by atoms with van der Waals surface area (Å²) in [5.74, 6) is -1.99. The van der Waals surface area contributed by atoms with Gasteiger partial charge in [0.1, 0.15) is 6.61 Å². The van der Waals surface area contributed by atoms with E-state index in [-0.39, 0.29) is 6.61 Å². The van der Waals surface area contributed by atoms with Gasteiger partial charge in [-0.2, -0.15) is 0 Å². The number of amidine groups is 1. The number of rotatable bonds is 4. The summed E-state index contributed by atoms with van der Waals surface area (Å²) in [6.45, 7) is 1.88. The Bertz CT molecular complexity index is 183. The summed E-state index contributed by atoms with van der Waals surface area (Å²) in [5.41, 5.74) is 4.29. The highest BCUT2D eigenvalue weighted by molar-refractivity contribution is 6.63. The van der Waals surface area contributed by atoms with Gasteiger partial charge in [-0.15, -0.1) is 0 Å². The minimum atomic E-state index is -1.37. The molecule has 11 heavy (non-hydrogen) atoms. The third-order valence-corrected chi connectivity index (χ3v) is 0.743. The van der Waals surface area contributed by atoms with Gasteiger partial charge in [-0.05, 0) is 6.92 Å². The molecule has 0 bridgehead atoms. The minimum absolute atomic E-state index is 0.240. The zero-order valence-corrected chi connectivity index (χ0v) is 6.00. The van der Waals surface area contributed by atoms with Crippen LogP contribution in [0.5, 0.6) is 0 Å². The number of nitrogens with zero attached hydrogens (tertiary/aromatic N) is 1. The maximum atomic E-state index is 10.2. The van der Waals surface area contributed by atoms with Crippen LogP contribution in [0.3, 0.4) is 0 Å². The Kier molecular flexibility index (Phi) is 3.65. The molecule has 0 fully saturated rings. The van der Waals surface area contributed by atoms with Gasteiger partial charge in [0, 0.05) is 0 Å². The van der Waals surface area contributed by atoms with Crippen molar-refractivity contribution in [2.24, 2.45) is 10.9 Å². The number of nitrogens with two attached hydrogens (primary N) is 1. The molecular formula is C5H9N3O3.